The summed E-state index contributed by atoms with van der Waals surface area (Å²) in [6, 6.07) is 14.3. The molecular formula is C25H25N5O4. The summed E-state index contributed by atoms with van der Waals surface area (Å²) >= 11 is 0. The van der Waals surface area contributed by atoms with Crippen LogP contribution < -0.4 is 10.5 Å². The van der Waals surface area contributed by atoms with Crippen LogP contribution in [0.25, 0.3) is 11.0 Å². The zero-order valence-electron chi connectivity index (χ0n) is 18.6. The van der Waals surface area contributed by atoms with Gasteiger partial charge in [0.1, 0.15) is 6.61 Å². The Labute approximate surface area is 195 Å². The van der Waals surface area contributed by atoms with Gasteiger partial charge >= 0.3 is 0 Å². The number of nitrogens with zero attached hydrogens (tertiary/aromatic N) is 4. The number of rotatable bonds is 3. The summed E-state index contributed by atoms with van der Waals surface area (Å²) in [4.78, 5) is 34.7. The molecule has 9 nitrogen and oxygen atoms in total. The van der Waals surface area contributed by atoms with Gasteiger partial charge in [0.15, 0.2) is 0 Å². The van der Waals surface area contributed by atoms with Crippen LogP contribution in [0.1, 0.15) is 47.6 Å². The van der Waals surface area contributed by atoms with Gasteiger partial charge in [-0.15, -0.1) is 0 Å². The molecule has 2 fully saturated rings. The lowest BCUT2D eigenvalue weighted by atomic mass is 9.93. The third-order valence-electron chi connectivity index (χ3n) is 6.49. The van der Waals surface area contributed by atoms with Crippen molar-refractivity contribution in [2.24, 2.45) is 4.99 Å². The minimum absolute atomic E-state index is 0.0595. The number of aromatic nitrogens is 2. The molecule has 2 heterocycles. The second kappa shape index (κ2) is 9.25. The Morgan fingerprint density at radius 2 is 2.00 bits per heavy atom. The summed E-state index contributed by atoms with van der Waals surface area (Å²) in [7, 11) is 0. The number of benzene rings is 2. The largest absolute Gasteiger partial charge is 0.393 e. The molecule has 1 aromatic heterocycles. The number of aliphatic hydroxyl groups excluding tert-OH is 1. The molecule has 2 aliphatic rings. The Hall–Kier alpha value is -3.74. The molecule has 0 atom stereocenters. The number of hydrogen-bond donors (Lipinski definition) is 2. The average Bonchev–Trinajstić information content (AvgIpc) is 3.21. The van der Waals surface area contributed by atoms with E-state index in [1.807, 2.05) is 28.8 Å². The fourth-order valence-electron chi connectivity index (χ4n) is 4.74. The molecule has 2 aromatic carbocycles. The van der Waals surface area contributed by atoms with Gasteiger partial charge in [-0.1, -0.05) is 6.07 Å². The molecule has 3 aromatic rings. The van der Waals surface area contributed by atoms with Crippen LogP contribution in [-0.4, -0.2) is 52.3 Å². The molecule has 1 saturated heterocycles. The van der Waals surface area contributed by atoms with E-state index >= 15 is 0 Å². The first-order valence-corrected chi connectivity index (χ1v) is 11.4. The molecule has 9 heteroatoms. The normalized spacial score (nSPS) is 21.6. The van der Waals surface area contributed by atoms with Gasteiger partial charge in [-0.05, 0) is 62.1 Å². The summed E-state index contributed by atoms with van der Waals surface area (Å²) in [5, 5.41) is 19.1. The Bertz CT molecular complexity index is 1360. The minimum Gasteiger partial charge on any atom is -0.393 e. The highest BCUT2D eigenvalue weighted by molar-refractivity contribution is 5.97. The van der Waals surface area contributed by atoms with Gasteiger partial charge in [0, 0.05) is 23.8 Å². The SMILES string of the molecule is N#Cc1cccc(C(=O)/N=c2\[nH]c3cc(N4CCOCC4=O)ccc3n2[C@H]2CC[C@@H](O)CC2)c1. The number of ether oxygens (including phenoxy) is 1. The molecule has 34 heavy (non-hydrogen) atoms. The van der Waals surface area contributed by atoms with Gasteiger partial charge in [-0.3, -0.25) is 9.59 Å². The van der Waals surface area contributed by atoms with E-state index in [2.05, 4.69) is 9.98 Å². The maximum atomic E-state index is 13.0. The van der Waals surface area contributed by atoms with Crippen molar-refractivity contribution in [1.82, 2.24) is 9.55 Å². The van der Waals surface area contributed by atoms with Crippen LogP contribution >= 0.6 is 0 Å². The number of H-pyrrole nitrogens is 1. The van der Waals surface area contributed by atoms with Crippen molar-refractivity contribution in [2.45, 2.75) is 37.8 Å². The van der Waals surface area contributed by atoms with Gasteiger partial charge in [-0.25, -0.2) is 0 Å². The predicted molar refractivity (Wildman–Crippen MR) is 124 cm³/mol. The van der Waals surface area contributed by atoms with E-state index in [1.54, 1.807) is 23.1 Å². The van der Waals surface area contributed by atoms with Crippen LogP contribution in [-0.2, 0) is 9.53 Å². The zero-order valence-corrected chi connectivity index (χ0v) is 18.6. The predicted octanol–water partition coefficient (Wildman–Crippen LogP) is 2.42. The molecule has 1 aliphatic heterocycles. The van der Waals surface area contributed by atoms with E-state index in [0.29, 0.717) is 42.7 Å². The van der Waals surface area contributed by atoms with Gasteiger partial charge < -0.3 is 24.3 Å². The quantitative estimate of drug-likeness (QED) is 0.623. The lowest BCUT2D eigenvalue weighted by molar-refractivity contribution is -0.125. The highest BCUT2D eigenvalue weighted by Crippen LogP contribution is 2.31. The van der Waals surface area contributed by atoms with Crippen molar-refractivity contribution < 1.29 is 19.4 Å². The number of nitriles is 1. The number of fused-ring (bicyclic) bond motifs is 1. The number of aliphatic hydroxyl groups is 1. The monoisotopic (exact) mass is 459 g/mol. The van der Waals surface area contributed by atoms with E-state index in [9.17, 15) is 14.7 Å². The Morgan fingerprint density at radius 1 is 1.18 bits per heavy atom. The standard InChI is InChI=1S/C25H25N5O4/c26-14-16-2-1-3-17(12-16)24(33)28-25-27-21-13-19(29-10-11-34-15-23(29)32)6-9-22(21)30(25)18-4-7-20(31)8-5-18/h1-3,6,9,12-13,18,20,31H,4-5,7-8,10-11,15H2,(H,27,28,33)/t18-,20+. The first-order valence-electron chi connectivity index (χ1n) is 11.4. The molecule has 174 valence electrons. The smallest absolute Gasteiger partial charge is 0.280 e. The molecular weight excluding hydrogens is 434 g/mol. The summed E-state index contributed by atoms with van der Waals surface area (Å²) in [5.41, 5.74) is 3.54. The third kappa shape index (κ3) is 4.25. The highest BCUT2D eigenvalue weighted by Gasteiger charge is 2.25. The van der Waals surface area contributed by atoms with Crippen molar-refractivity contribution >= 4 is 28.5 Å². The van der Waals surface area contributed by atoms with E-state index < -0.39 is 5.91 Å². The van der Waals surface area contributed by atoms with Gasteiger partial charge in [-0.2, -0.15) is 10.3 Å². The lowest BCUT2D eigenvalue weighted by Crippen LogP contribution is -2.41. The Kier molecular flexibility index (Phi) is 6.01. The number of carbonyl (C=O) groups excluding carboxylic acids is 2. The number of carbonyl (C=O) groups is 2. The second-order valence-corrected chi connectivity index (χ2v) is 8.69. The fourth-order valence-corrected chi connectivity index (χ4v) is 4.74. The number of nitrogens with one attached hydrogen (secondary N) is 1. The average molecular weight is 460 g/mol. The van der Waals surface area contributed by atoms with Crippen LogP contribution in [0.5, 0.6) is 0 Å². The van der Waals surface area contributed by atoms with E-state index in [1.165, 1.54) is 6.07 Å². The van der Waals surface area contributed by atoms with E-state index in [4.69, 9.17) is 10.00 Å². The highest BCUT2D eigenvalue weighted by atomic mass is 16.5. The third-order valence-corrected chi connectivity index (χ3v) is 6.49. The van der Waals surface area contributed by atoms with Crippen LogP contribution in [0.4, 0.5) is 5.69 Å². The first-order chi connectivity index (χ1) is 16.5. The van der Waals surface area contributed by atoms with Crippen molar-refractivity contribution in [3.63, 3.8) is 0 Å². The molecule has 1 aliphatic carbocycles. The summed E-state index contributed by atoms with van der Waals surface area (Å²) in [6.45, 7) is 1.02. The molecule has 2 N–H and O–H groups in total. The number of amides is 2. The summed E-state index contributed by atoms with van der Waals surface area (Å²) in [6.07, 6.45) is 2.59. The lowest BCUT2D eigenvalue weighted by Gasteiger charge is -2.28. The van der Waals surface area contributed by atoms with Crippen molar-refractivity contribution in [1.29, 1.82) is 5.26 Å². The Morgan fingerprint density at radius 3 is 2.76 bits per heavy atom. The number of aromatic amines is 1. The summed E-state index contributed by atoms with van der Waals surface area (Å²) in [5.74, 6) is -0.541. The Balaban J connectivity index is 1.60. The van der Waals surface area contributed by atoms with Crippen LogP contribution in [0.15, 0.2) is 47.5 Å². The van der Waals surface area contributed by atoms with Gasteiger partial charge in [0.25, 0.3) is 11.8 Å². The number of imidazole rings is 1. The topological polar surface area (TPSA) is 124 Å². The fraction of sp³-hybridized carbons (Fsp3) is 0.360. The van der Waals surface area contributed by atoms with Crippen LogP contribution in [0.2, 0.25) is 0 Å². The van der Waals surface area contributed by atoms with E-state index in [0.717, 1.165) is 29.6 Å². The van der Waals surface area contributed by atoms with Crippen LogP contribution in [0, 0.1) is 11.3 Å². The molecule has 0 unspecified atom stereocenters. The molecule has 1 saturated carbocycles. The van der Waals surface area contributed by atoms with Crippen molar-refractivity contribution in [2.75, 3.05) is 24.7 Å². The van der Waals surface area contributed by atoms with Crippen molar-refractivity contribution in [3.05, 3.63) is 59.2 Å². The first kappa shape index (κ1) is 22.1. The molecule has 0 spiro atoms. The maximum Gasteiger partial charge on any atom is 0.280 e. The van der Waals surface area contributed by atoms with E-state index in [-0.39, 0.29) is 24.7 Å². The molecule has 2 amide bonds. The second-order valence-electron chi connectivity index (χ2n) is 8.69. The number of hydrogen-bond acceptors (Lipinski definition) is 5. The van der Waals surface area contributed by atoms with Crippen LogP contribution in [0.3, 0.4) is 0 Å². The molecule has 0 bridgehead atoms. The summed E-state index contributed by atoms with van der Waals surface area (Å²) < 4.78 is 7.26. The van der Waals surface area contributed by atoms with Gasteiger partial charge in [0.05, 0.1) is 35.4 Å². The van der Waals surface area contributed by atoms with Gasteiger partial charge in [0.2, 0.25) is 5.62 Å². The number of anilines is 1. The minimum atomic E-state index is -0.447. The number of morpholine rings is 1. The maximum absolute atomic E-state index is 13.0. The zero-order chi connectivity index (χ0) is 23.7. The molecule has 0 radical (unpaired) electrons. The molecule has 5 rings (SSSR count). The van der Waals surface area contributed by atoms with Crippen molar-refractivity contribution in [3.8, 4) is 6.07 Å².